The van der Waals surface area contributed by atoms with Crippen LogP contribution in [0.15, 0.2) is 65.8 Å². The van der Waals surface area contributed by atoms with Crippen molar-refractivity contribution in [1.82, 2.24) is 30.5 Å². The molecule has 1 spiro atoms. The highest BCUT2D eigenvalue weighted by Gasteiger charge is 2.52. The minimum Gasteiger partial charge on any atom is -0.322 e. The van der Waals surface area contributed by atoms with Crippen LogP contribution >= 0.6 is 11.8 Å². The molecule has 0 unspecified atom stereocenters. The van der Waals surface area contributed by atoms with Crippen LogP contribution in [-0.4, -0.2) is 48.9 Å². The second-order valence-electron chi connectivity index (χ2n) is 9.00. The minimum absolute atomic E-state index is 0.0408. The number of carbonyl (C=O) groups excluding carboxylic acids is 3. The van der Waals surface area contributed by atoms with Crippen LogP contribution in [0.4, 0.5) is 4.79 Å². The summed E-state index contributed by atoms with van der Waals surface area (Å²) in [5, 5.41) is 12.8. The van der Waals surface area contributed by atoms with Gasteiger partial charge in [0.05, 0.1) is 5.75 Å². The van der Waals surface area contributed by atoms with Crippen molar-refractivity contribution in [3.63, 3.8) is 0 Å². The zero-order valence-electron chi connectivity index (χ0n) is 19.3. The SMILES string of the molecule is CC1CCC2(CC1)NC(=O)N(NC(=O)CSc1nnc(-c3ccccc3)n1-c1ccccc1)C2=O. The van der Waals surface area contributed by atoms with E-state index >= 15 is 0 Å². The number of para-hydroxylation sites is 1. The lowest BCUT2D eigenvalue weighted by atomic mass is 9.77. The van der Waals surface area contributed by atoms with Gasteiger partial charge in [0.15, 0.2) is 11.0 Å². The zero-order chi connectivity index (χ0) is 24.4. The molecule has 0 bridgehead atoms. The lowest BCUT2D eigenvalue weighted by molar-refractivity contribution is -0.139. The summed E-state index contributed by atoms with van der Waals surface area (Å²) in [4.78, 5) is 38.2. The molecule has 2 aromatic carbocycles. The van der Waals surface area contributed by atoms with Gasteiger partial charge in [-0.05, 0) is 43.7 Å². The van der Waals surface area contributed by atoms with E-state index in [4.69, 9.17) is 0 Å². The first-order valence-electron chi connectivity index (χ1n) is 11.6. The molecule has 9 nitrogen and oxygen atoms in total. The van der Waals surface area contributed by atoms with Gasteiger partial charge in [0.2, 0.25) is 5.91 Å². The summed E-state index contributed by atoms with van der Waals surface area (Å²) in [7, 11) is 0. The number of thioether (sulfide) groups is 1. The molecule has 0 radical (unpaired) electrons. The topological polar surface area (TPSA) is 109 Å². The molecule has 10 heteroatoms. The molecule has 3 aromatic rings. The van der Waals surface area contributed by atoms with Crippen LogP contribution in [0.3, 0.4) is 0 Å². The third-order valence-corrected chi connectivity index (χ3v) is 7.47. The fourth-order valence-electron chi connectivity index (χ4n) is 4.55. The van der Waals surface area contributed by atoms with Crippen molar-refractivity contribution in [1.29, 1.82) is 0 Å². The molecule has 2 N–H and O–H groups in total. The first kappa shape index (κ1) is 23.1. The molecule has 2 heterocycles. The first-order chi connectivity index (χ1) is 17.0. The molecule has 0 atom stereocenters. The number of aromatic nitrogens is 3. The van der Waals surface area contributed by atoms with Gasteiger partial charge in [-0.25, -0.2) is 4.79 Å². The molecule has 1 saturated heterocycles. The van der Waals surface area contributed by atoms with Crippen LogP contribution in [-0.2, 0) is 9.59 Å². The van der Waals surface area contributed by atoms with Gasteiger partial charge in [0.25, 0.3) is 5.91 Å². The van der Waals surface area contributed by atoms with Gasteiger partial charge in [-0.1, -0.05) is 67.2 Å². The van der Waals surface area contributed by atoms with Gasteiger partial charge in [0.1, 0.15) is 5.54 Å². The van der Waals surface area contributed by atoms with Crippen LogP contribution in [0.25, 0.3) is 17.1 Å². The predicted octanol–water partition coefficient (Wildman–Crippen LogP) is 3.56. The van der Waals surface area contributed by atoms with Crippen LogP contribution in [0.5, 0.6) is 0 Å². The quantitative estimate of drug-likeness (QED) is 0.404. The molecule has 1 aromatic heterocycles. The Kier molecular flexibility index (Phi) is 6.29. The van der Waals surface area contributed by atoms with Crippen molar-refractivity contribution in [2.45, 2.75) is 43.3 Å². The summed E-state index contributed by atoms with van der Waals surface area (Å²) in [6.45, 7) is 2.14. The number of hydrazine groups is 1. The van der Waals surface area contributed by atoms with Crippen molar-refractivity contribution in [2.24, 2.45) is 5.92 Å². The summed E-state index contributed by atoms with van der Waals surface area (Å²) < 4.78 is 1.89. The normalized spacial score (nSPS) is 21.9. The smallest absolute Gasteiger partial charge is 0.322 e. The number of amides is 4. The lowest BCUT2D eigenvalue weighted by Crippen LogP contribution is -2.51. The van der Waals surface area contributed by atoms with Crippen LogP contribution in [0.2, 0.25) is 0 Å². The Hall–Kier alpha value is -3.66. The van der Waals surface area contributed by atoms with E-state index in [0.29, 0.717) is 29.7 Å². The van der Waals surface area contributed by atoms with Crippen molar-refractivity contribution < 1.29 is 14.4 Å². The highest BCUT2D eigenvalue weighted by Crippen LogP contribution is 2.36. The summed E-state index contributed by atoms with van der Waals surface area (Å²) in [6, 6.07) is 18.8. The van der Waals surface area contributed by atoms with Gasteiger partial charge in [0, 0.05) is 11.3 Å². The van der Waals surface area contributed by atoms with Gasteiger partial charge in [-0.3, -0.25) is 19.6 Å². The monoisotopic (exact) mass is 490 g/mol. The Morgan fingerprint density at radius 1 is 1.06 bits per heavy atom. The van der Waals surface area contributed by atoms with Crippen molar-refractivity contribution in [3.8, 4) is 17.1 Å². The molecule has 35 heavy (non-hydrogen) atoms. The van der Waals surface area contributed by atoms with Crippen LogP contribution < -0.4 is 10.7 Å². The van der Waals surface area contributed by atoms with E-state index in [9.17, 15) is 14.4 Å². The molecular formula is C25H26N6O3S. The third-order valence-electron chi connectivity index (χ3n) is 6.54. The van der Waals surface area contributed by atoms with Crippen molar-refractivity contribution in [3.05, 3.63) is 60.7 Å². The maximum absolute atomic E-state index is 13.0. The van der Waals surface area contributed by atoms with E-state index in [0.717, 1.165) is 29.1 Å². The third kappa shape index (κ3) is 4.53. The van der Waals surface area contributed by atoms with Gasteiger partial charge in [-0.2, -0.15) is 5.01 Å². The van der Waals surface area contributed by atoms with Crippen molar-refractivity contribution in [2.75, 3.05) is 5.75 Å². The molecule has 2 aliphatic rings. The maximum atomic E-state index is 13.0. The zero-order valence-corrected chi connectivity index (χ0v) is 20.1. The minimum atomic E-state index is -0.901. The van der Waals surface area contributed by atoms with Gasteiger partial charge in [-0.15, -0.1) is 10.2 Å². The van der Waals surface area contributed by atoms with Crippen LogP contribution in [0, 0.1) is 5.92 Å². The summed E-state index contributed by atoms with van der Waals surface area (Å²) in [5.74, 6) is 0.284. The molecule has 2 fully saturated rings. The Morgan fingerprint density at radius 3 is 2.40 bits per heavy atom. The predicted molar refractivity (Wildman–Crippen MR) is 131 cm³/mol. The molecular weight excluding hydrogens is 464 g/mol. The number of hydrogen-bond donors (Lipinski definition) is 2. The standard InChI is InChI=1S/C25H26N6O3S/c1-17-12-14-25(15-13-17)22(33)31(23(34)26-25)29-20(32)16-35-24-28-27-21(18-8-4-2-5-9-18)30(24)19-10-6-3-7-11-19/h2-11,17H,12-16H2,1H3,(H,26,34)(H,29,32). The molecule has 5 rings (SSSR count). The van der Waals surface area contributed by atoms with E-state index < -0.39 is 17.5 Å². The number of imide groups is 1. The number of carbonyl (C=O) groups is 3. The molecule has 1 aliphatic heterocycles. The maximum Gasteiger partial charge on any atom is 0.344 e. The fourth-order valence-corrected chi connectivity index (χ4v) is 5.29. The Morgan fingerprint density at radius 2 is 1.71 bits per heavy atom. The average molecular weight is 491 g/mol. The van der Waals surface area contributed by atoms with E-state index in [2.05, 4.69) is 27.9 Å². The Balaban J connectivity index is 1.30. The van der Waals surface area contributed by atoms with E-state index in [1.54, 1.807) is 0 Å². The second kappa shape index (κ2) is 9.53. The Bertz CT molecular complexity index is 1240. The highest BCUT2D eigenvalue weighted by molar-refractivity contribution is 7.99. The fraction of sp³-hybridized carbons (Fsp3) is 0.320. The summed E-state index contributed by atoms with van der Waals surface area (Å²) >= 11 is 1.19. The molecule has 1 aliphatic carbocycles. The molecule has 4 amide bonds. The number of rotatable bonds is 6. The Labute approximate surface area is 207 Å². The van der Waals surface area contributed by atoms with E-state index in [1.807, 2.05) is 65.2 Å². The van der Waals surface area contributed by atoms with Gasteiger partial charge < -0.3 is 5.32 Å². The number of benzene rings is 2. The van der Waals surface area contributed by atoms with Crippen molar-refractivity contribution >= 4 is 29.6 Å². The number of hydrogen-bond acceptors (Lipinski definition) is 6. The first-order valence-corrected chi connectivity index (χ1v) is 12.6. The number of nitrogens with zero attached hydrogens (tertiary/aromatic N) is 4. The molecule has 1 saturated carbocycles. The average Bonchev–Trinajstić information content (AvgIpc) is 3.40. The van der Waals surface area contributed by atoms with E-state index in [1.165, 1.54) is 11.8 Å². The van der Waals surface area contributed by atoms with E-state index in [-0.39, 0.29) is 11.7 Å². The van der Waals surface area contributed by atoms with Gasteiger partial charge >= 0.3 is 6.03 Å². The van der Waals surface area contributed by atoms with Crippen LogP contribution in [0.1, 0.15) is 32.6 Å². The summed E-state index contributed by atoms with van der Waals surface area (Å²) in [6.07, 6.45) is 2.90. The number of urea groups is 1. The lowest BCUT2D eigenvalue weighted by Gasteiger charge is -2.33. The molecule has 180 valence electrons. The second-order valence-corrected chi connectivity index (χ2v) is 9.94. The largest absolute Gasteiger partial charge is 0.344 e. The number of nitrogens with one attached hydrogen (secondary N) is 2. The highest BCUT2D eigenvalue weighted by atomic mass is 32.2. The summed E-state index contributed by atoms with van der Waals surface area (Å²) in [5.41, 5.74) is 3.34.